The van der Waals surface area contributed by atoms with Crippen molar-refractivity contribution in [2.75, 3.05) is 25.4 Å². The van der Waals surface area contributed by atoms with E-state index in [1.807, 2.05) is 0 Å². The Morgan fingerprint density at radius 3 is 2.95 bits per heavy atom. The minimum atomic E-state index is 0. The van der Waals surface area contributed by atoms with Gasteiger partial charge in [0.05, 0.1) is 12.1 Å². The highest BCUT2D eigenvalue weighted by atomic mass is 35.5. The summed E-state index contributed by atoms with van der Waals surface area (Å²) in [5, 5.41) is 7.75. The van der Waals surface area contributed by atoms with Crippen LogP contribution < -0.4 is 5.32 Å². The Balaban J connectivity index is 0.000000902. The van der Waals surface area contributed by atoms with Gasteiger partial charge in [-0.1, -0.05) is 23.5 Å². The quantitative estimate of drug-likeness (QED) is 0.838. The van der Waals surface area contributed by atoms with Crippen LogP contribution in [0.1, 0.15) is 13.8 Å². The molecule has 0 saturated carbocycles. The lowest BCUT2D eigenvalue weighted by Gasteiger charge is -2.20. The van der Waals surface area contributed by atoms with Gasteiger partial charge in [-0.3, -0.25) is 9.98 Å². The van der Waals surface area contributed by atoms with Crippen LogP contribution >= 0.6 is 48.3 Å². The third-order valence-corrected chi connectivity index (χ3v) is 4.72. The molecule has 0 aliphatic carbocycles. The topological polar surface area (TPSA) is 40.0 Å². The van der Waals surface area contributed by atoms with Crippen molar-refractivity contribution < 1.29 is 0 Å². The molecule has 3 heterocycles. The van der Waals surface area contributed by atoms with Gasteiger partial charge in [-0.2, -0.15) is 0 Å². The van der Waals surface area contributed by atoms with Crippen molar-refractivity contribution in [3.8, 4) is 0 Å². The standard InChI is InChI=1S/C11H16N4S2.2ClH/c1-11(2)7-15-8(6-17-10(15)14-11)5-16-9-12-3-4-13-9;;/h6H,3-5,7H2,1-2H3,(H,12,13);2*1H. The molecule has 3 aliphatic heterocycles. The molecule has 4 nitrogen and oxygen atoms in total. The second kappa shape index (κ2) is 6.61. The molecular formula is C11H18Cl2N4S2. The van der Waals surface area contributed by atoms with E-state index in [9.17, 15) is 0 Å². The molecule has 3 rings (SSSR count). The summed E-state index contributed by atoms with van der Waals surface area (Å²) in [7, 11) is 0. The summed E-state index contributed by atoms with van der Waals surface area (Å²) in [5.41, 5.74) is 1.43. The summed E-state index contributed by atoms with van der Waals surface area (Å²) in [6.45, 7) is 7.28. The van der Waals surface area contributed by atoms with Gasteiger partial charge in [0.25, 0.3) is 0 Å². The number of nitrogens with one attached hydrogen (secondary N) is 1. The summed E-state index contributed by atoms with van der Waals surface area (Å²) in [4.78, 5) is 11.4. The molecule has 0 aromatic heterocycles. The molecule has 0 spiro atoms. The number of thioether (sulfide) groups is 2. The monoisotopic (exact) mass is 340 g/mol. The molecule has 19 heavy (non-hydrogen) atoms. The maximum Gasteiger partial charge on any atom is 0.168 e. The molecular weight excluding hydrogens is 323 g/mol. The van der Waals surface area contributed by atoms with Crippen molar-refractivity contribution in [1.82, 2.24) is 10.2 Å². The maximum absolute atomic E-state index is 4.71. The first-order valence-electron chi connectivity index (χ1n) is 5.78. The Labute approximate surface area is 134 Å². The van der Waals surface area contributed by atoms with Gasteiger partial charge < -0.3 is 10.2 Å². The van der Waals surface area contributed by atoms with Crippen LogP contribution in [-0.4, -0.2) is 46.2 Å². The molecule has 3 aliphatic rings. The number of hydrogen-bond donors (Lipinski definition) is 1. The Bertz CT molecular complexity index is 434. The van der Waals surface area contributed by atoms with Gasteiger partial charge in [0.15, 0.2) is 10.3 Å². The van der Waals surface area contributed by atoms with E-state index in [-0.39, 0.29) is 30.4 Å². The van der Waals surface area contributed by atoms with Crippen LogP contribution in [0.25, 0.3) is 0 Å². The summed E-state index contributed by atoms with van der Waals surface area (Å²) in [6.07, 6.45) is 0. The molecule has 0 radical (unpaired) electrons. The van der Waals surface area contributed by atoms with E-state index in [1.54, 1.807) is 23.5 Å². The van der Waals surface area contributed by atoms with Crippen LogP contribution in [0.5, 0.6) is 0 Å². The van der Waals surface area contributed by atoms with Crippen molar-refractivity contribution in [3.05, 3.63) is 11.1 Å². The molecule has 1 N–H and O–H groups in total. The molecule has 108 valence electrons. The summed E-state index contributed by atoms with van der Waals surface area (Å²) < 4.78 is 0. The fourth-order valence-corrected chi connectivity index (χ4v) is 4.11. The molecule has 0 atom stereocenters. The SMILES string of the molecule is CC1(C)CN2C(CSC3=NCCN3)=CSC2=N1.Cl.Cl. The number of nitrogens with zero attached hydrogens (tertiary/aromatic N) is 3. The molecule has 0 fully saturated rings. The Morgan fingerprint density at radius 1 is 1.47 bits per heavy atom. The van der Waals surface area contributed by atoms with Crippen LogP contribution in [0, 0.1) is 0 Å². The van der Waals surface area contributed by atoms with Gasteiger partial charge in [0.1, 0.15) is 0 Å². The number of rotatable bonds is 2. The number of aliphatic imine (C=N–C) groups is 2. The van der Waals surface area contributed by atoms with Gasteiger partial charge in [0, 0.05) is 24.5 Å². The number of amidine groups is 2. The highest BCUT2D eigenvalue weighted by molar-refractivity contribution is 8.17. The van der Waals surface area contributed by atoms with Gasteiger partial charge in [-0.15, -0.1) is 24.8 Å². The fraction of sp³-hybridized carbons (Fsp3) is 0.636. The molecule has 0 aromatic rings. The number of fused-ring (bicyclic) bond motifs is 1. The Morgan fingerprint density at radius 2 is 2.26 bits per heavy atom. The van der Waals surface area contributed by atoms with E-state index < -0.39 is 0 Å². The molecule has 0 saturated heterocycles. The zero-order valence-electron chi connectivity index (χ0n) is 10.9. The highest BCUT2D eigenvalue weighted by Gasteiger charge is 2.36. The molecule has 0 aromatic carbocycles. The minimum absolute atomic E-state index is 0. The van der Waals surface area contributed by atoms with Crippen molar-refractivity contribution >= 4 is 58.7 Å². The fourth-order valence-electron chi connectivity index (χ4n) is 2.04. The Hall–Kier alpha value is -0.0400. The largest absolute Gasteiger partial charge is 0.363 e. The Kier molecular flexibility index (Phi) is 5.92. The second-order valence-electron chi connectivity index (χ2n) is 4.92. The van der Waals surface area contributed by atoms with E-state index in [0.717, 1.165) is 35.7 Å². The van der Waals surface area contributed by atoms with Gasteiger partial charge in [-0.25, -0.2) is 0 Å². The van der Waals surface area contributed by atoms with E-state index in [1.165, 1.54) is 5.70 Å². The predicted octanol–water partition coefficient (Wildman–Crippen LogP) is 2.56. The smallest absolute Gasteiger partial charge is 0.168 e. The van der Waals surface area contributed by atoms with Crippen LogP contribution in [0.2, 0.25) is 0 Å². The third-order valence-electron chi connectivity index (χ3n) is 2.82. The summed E-state index contributed by atoms with van der Waals surface area (Å²) in [5.74, 6) is 0.980. The first-order chi connectivity index (χ1) is 8.14. The first kappa shape index (κ1) is 17.0. The molecule has 0 amide bonds. The van der Waals surface area contributed by atoms with Crippen molar-refractivity contribution in [2.45, 2.75) is 19.4 Å². The van der Waals surface area contributed by atoms with Crippen LogP contribution in [-0.2, 0) is 0 Å². The zero-order valence-corrected chi connectivity index (χ0v) is 14.1. The molecule has 8 heteroatoms. The normalized spacial score (nSPS) is 22.6. The van der Waals surface area contributed by atoms with Crippen LogP contribution in [0.15, 0.2) is 21.1 Å². The molecule has 0 unspecified atom stereocenters. The average molecular weight is 341 g/mol. The van der Waals surface area contributed by atoms with Crippen LogP contribution in [0.3, 0.4) is 0 Å². The van der Waals surface area contributed by atoms with Gasteiger partial charge >= 0.3 is 0 Å². The maximum atomic E-state index is 4.71. The number of halogens is 2. The van der Waals surface area contributed by atoms with Crippen molar-refractivity contribution in [1.29, 1.82) is 0 Å². The average Bonchev–Trinajstić information content (AvgIpc) is 2.91. The lowest BCUT2D eigenvalue weighted by Crippen LogP contribution is -2.30. The minimum Gasteiger partial charge on any atom is -0.363 e. The van der Waals surface area contributed by atoms with E-state index in [0.29, 0.717) is 0 Å². The second-order valence-corrected chi connectivity index (χ2v) is 6.72. The van der Waals surface area contributed by atoms with Crippen molar-refractivity contribution in [3.63, 3.8) is 0 Å². The van der Waals surface area contributed by atoms with Crippen LogP contribution in [0.4, 0.5) is 0 Å². The highest BCUT2D eigenvalue weighted by Crippen LogP contribution is 2.36. The van der Waals surface area contributed by atoms with E-state index in [4.69, 9.17) is 4.99 Å². The van der Waals surface area contributed by atoms with Gasteiger partial charge in [0.2, 0.25) is 0 Å². The molecule has 0 bridgehead atoms. The van der Waals surface area contributed by atoms with Gasteiger partial charge in [-0.05, 0) is 19.3 Å². The number of hydrogen-bond acceptors (Lipinski definition) is 6. The lowest BCUT2D eigenvalue weighted by atomic mass is 10.1. The lowest BCUT2D eigenvalue weighted by molar-refractivity contribution is 0.436. The summed E-state index contributed by atoms with van der Waals surface area (Å²) >= 11 is 3.54. The van der Waals surface area contributed by atoms with E-state index >= 15 is 0 Å². The zero-order chi connectivity index (χ0) is 11.9. The van der Waals surface area contributed by atoms with Crippen molar-refractivity contribution in [2.24, 2.45) is 9.98 Å². The van der Waals surface area contributed by atoms with E-state index in [2.05, 4.69) is 34.5 Å². The summed E-state index contributed by atoms with van der Waals surface area (Å²) in [6, 6.07) is 0. The first-order valence-corrected chi connectivity index (χ1v) is 7.65. The third kappa shape index (κ3) is 3.74. The predicted molar refractivity (Wildman–Crippen MR) is 91.2 cm³/mol.